The first-order valence-electron chi connectivity index (χ1n) is 6.95. The fourth-order valence-corrected chi connectivity index (χ4v) is 4.64. The first-order chi connectivity index (χ1) is 9.07. The van der Waals surface area contributed by atoms with Gasteiger partial charge in [-0.1, -0.05) is 6.07 Å². The van der Waals surface area contributed by atoms with Crippen molar-refractivity contribution in [3.8, 4) is 0 Å². The number of piperidine rings is 1. The van der Waals surface area contributed by atoms with Gasteiger partial charge in [0.1, 0.15) is 0 Å². The van der Waals surface area contributed by atoms with Crippen molar-refractivity contribution in [3.05, 3.63) is 29.3 Å². The lowest BCUT2D eigenvalue weighted by molar-refractivity contribution is 0.316. The first kappa shape index (κ1) is 15.8. The van der Waals surface area contributed by atoms with Crippen molar-refractivity contribution in [2.75, 3.05) is 13.1 Å². The number of halogens is 1. The average Bonchev–Trinajstić information content (AvgIpc) is 2.85. The molecular formula is C14H21ClN2O2S. The van der Waals surface area contributed by atoms with Gasteiger partial charge in [0.05, 0.1) is 4.90 Å². The van der Waals surface area contributed by atoms with Gasteiger partial charge in [0, 0.05) is 19.1 Å². The highest BCUT2D eigenvalue weighted by Crippen LogP contribution is 2.27. The minimum Gasteiger partial charge on any atom is -0.327 e. The van der Waals surface area contributed by atoms with Crippen LogP contribution in [0, 0.1) is 0 Å². The van der Waals surface area contributed by atoms with Crippen LogP contribution in [0.2, 0.25) is 0 Å². The molecule has 0 amide bonds. The number of benzene rings is 1. The molecule has 2 N–H and O–H groups in total. The summed E-state index contributed by atoms with van der Waals surface area (Å²) in [6.45, 7) is 1.03. The standard InChI is InChI=1S/C14H20N2O2S.ClH/c15-13-5-2-8-16(10-13)19(17,18)14-7-6-11-3-1-4-12(11)9-14;/h6-7,9,13H,1-5,8,10,15H2;1H/t13-;/m1./s1. The normalized spacial score (nSPS) is 23.1. The number of fused-ring (bicyclic) bond motifs is 1. The van der Waals surface area contributed by atoms with Crippen molar-refractivity contribution in [2.45, 2.75) is 43.0 Å². The molecule has 1 saturated heterocycles. The smallest absolute Gasteiger partial charge is 0.243 e. The Hall–Kier alpha value is -0.620. The third-order valence-electron chi connectivity index (χ3n) is 4.13. The van der Waals surface area contributed by atoms with E-state index in [1.807, 2.05) is 12.1 Å². The molecule has 2 aliphatic rings. The molecule has 3 rings (SSSR count). The molecule has 112 valence electrons. The number of aryl methyl sites for hydroxylation is 2. The number of rotatable bonds is 2. The molecule has 0 bridgehead atoms. The van der Waals surface area contributed by atoms with Crippen LogP contribution >= 0.6 is 12.4 Å². The van der Waals surface area contributed by atoms with Gasteiger partial charge in [-0.05, 0) is 55.4 Å². The van der Waals surface area contributed by atoms with Crippen LogP contribution in [0.4, 0.5) is 0 Å². The van der Waals surface area contributed by atoms with Gasteiger partial charge < -0.3 is 5.73 Å². The van der Waals surface area contributed by atoms with E-state index in [0.717, 1.165) is 32.1 Å². The van der Waals surface area contributed by atoms with Gasteiger partial charge in [-0.25, -0.2) is 8.42 Å². The number of hydrogen-bond donors (Lipinski definition) is 1. The van der Waals surface area contributed by atoms with E-state index in [1.54, 1.807) is 6.07 Å². The lowest BCUT2D eigenvalue weighted by Crippen LogP contribution is -2.45. The van der Waals surface area contributed by atoms with E-state index >= 15 is 0 Å². The van der Waals surface area contributed by atoms with Crippen molar-refractivity contribution in [2.24, 2.45) is 5.73 Å². The van der Waals surface area contributed by atoms with Crippen LogP contribution in [0.25, 0.3) is 0 Å². The Balaban J connectivity index is 0.00000147. The number of nitrogens with two attached hydrogens (primary N) is 1. The van der Waals surface area contributed by atoms with Crippen molar-refractivity contribution in [1.82, 2.24) is 4.31 Å². The third kappa shape index (κ3) is 2.86. The largest absolute Gasteiger partial charge is 0.327 e. The quantitative estimate of drug-likeness (QED) is 0.903. The Morgan fingerprint density at radius 3 is 2.65 bits per heavy atom. The highest BCUT2D eigenvalue weighted by Gasteiger charge is 2.29. The molecule has 1 atom stereocenters. The van der Waals surface area contributed by atoms with E-state index in [0.29, 0.717) is 18.0 Å². The fourth-order valence-electron chi connectivity index (χ4n) is 3.05. The molecule has 1 aromatic carbocycles. The van der Waals surface area contributed by atoms with Crippen LogP contribution in [0.3, 0.4) is 0 Å². The molecule has 1 aromatic rings. The van der Waals surface area contributed by atoms with E-state index in [-0.39, 0.29) is 18.4 Å². The van der Waals surface area contributed by atoms with E-state index in [2.05, 4.69) is 0 Å². The van der Waals surface area contributed by atoms with Crippen molar-refractivity contribution in [1.29, 1.82) is 0 Å². The summed E-state index contributed by atoms with van der Waals surface area (Å²) >= 11 is 0. The molecule has 6 heteroatoms. The first-order valence-corrected chi connectivity index (χ1v) is 8.39. The summed E-state index contributed by atoms with van der Waals surface area (Å²) < 4.78 is 26.7. The minimum absolute atomic E-state index is 0. The molecule has 1 aliphatic carbocycles. The Kier molecular flexibility index (Phi) is 4.74. The molecule has 0 aromatic heterocycles. The summed E-state index contributed by atoms with van der Waals surface area (Å²) in [7, 11) is -3.36. The van der Waals surface area contributed by atoms with Gasteiger partial charge in [-0.15, -0.1) is 12.4 Å². The zero-order valence-electron chi connectivity index (χ0n) is 11.4. The molecule has 0 radical (unpaired) electrons. The average molecular weight is 317 g/mol. The Morgan fingerprint density at radius 1 is 1.15 bits per heavy atom. The van der Waals surface area contributed by atoms with Crippen LogP contribution in [0.15, 0.2) is 23.1 Å². The summed E-state index contributed by atoms with van der Waals surface area (Å²) in [5.41, 5.74) is 8.38. The van der Waals surface area contributed by atoms with Crippen LogP contribution in [-0.4, -0.2) is 31.9 Å². The van der Waals surface area contributed by atoms with Crippen LogP contribution in [0.5, 0.6) is 0 Å². The van der Waals surface area contributed by atoms with Crippen LogP contribution in [-0.2, 0) is 22.9 Å². The minimum atomic E-state index is -3.36. The van der Waals surface area contributed by atoms with Gasteiger partial charge in [0.2, 0.25) is 10.0 Å². The second-order valence-corrected chi connectivity index (χ2v) is 7.49. The van der Waals surface area contributed by atoms with E-state index in [1.165, 1.54) is 15.4 Å². The van der Waals surface area contributed by atoms with Gasteiger partial charge in [0.15, 0.2) is 0 Å². The van der Waals surface area contributed by atoms with Crippen LogP contribution in [0.1, 0.15) is 30.4 Å². The van der Waals surface area contributed by atoms with Crippen molar-refractivity contribution < 1.29 is 8.42 Å². The molecule has 4 nitrogen and oxygen atoms in total. The highest BCUT2D eigenvalue weighted by atomic mass is 35.5. The lowest BCUT2D eigenvalue weighted by atomic mass is 10.1. The monoisotopic (exact) mass is 316 g/mol. The van der Waals surface area contributed by atoms with E-state index < -0.39 is 10.0 Å². The predicted molar refractivity (Wildman–Crippen MR) is 81.7 cm³/mol. The van der Waals surface area contributed by atoms with Gasteiger partial charge in [-0.3, -0.25) is 0 Å². The maximum atomic E-state index is 12.6. The molecule has 1 fully saturated rings. The van der Waals surface area contributed by atoms with E-state index in [4.69, 9.17) is 5.73 Å². The topological polar surface area (TPSA) is 63.4 Å². The number of hydrogen-bond acceptors (Lipinski definition) is 3. The molecule has 1 aliphatic heterocycles. The lowest BCUT2D eigenvalue weighted by Gasteiger charge is -2.30. The molecule has 20 heavy (non-hydrogen) atoms. The van der Waals surface area contributed by atoms with E-state index in [9.17, 15) is 8.42 Å². The van der Waals surface area contributed by atoms with Gasteiger partial charge in [-0.2, -0.15) is 4.31 Å². The van der Waals surface area contributed by atoms with Crippen molar-refractivity contribution >= 4 is 22.4 Å². The Labute approximate surface area is 126 Å². The third-order valence-corrected chi connectivity index (χ3v) is 5.99. The molecule has 0 spiro atoms. The second-order valence-electron chi connectivity index (χ2n) is 5.55. The Bertz CT molecular complexity index is 589. The SMILES string of the molecule is Cl.N[C@@H]1CCCN(S(=O)(=O)c2ccc3c(c2)CCC3)C1. The fraction of sp³-hybridized carbons (Fsp3) is 0.571. The predicted octanol–water partition coefficient (Wildman–Crippen LogP) is 1.71. The van der Waals surface area contributed by atoms with Crippen molar-refractivity contribution in [3.63, 3.8) is 0 Å². The van der Waals surface area contributed by atoms with Gasteiger partial charge in [0.25, 0.3) is 0 Å². The van der Waals surface area contributed by atoms with Crippen LogP contribution < -0.4 is 5.73 Å². The maximum Gasteiger partial charge on any atom is 0.243 e. The van der Waals surface area contributed by atoms with Gasteiger partial charge >= 0.3 is 0 Å². The maximum absolute atomic E-state index is 12.6. The Morgan fingerprint density at radius 2 is 1.90 bits per heavy atom. The molecule has 0 saturated carbocycles. The number of sulfonamides is 1. The molecule has 0 unspecified atom stereocenters. The highest BCUT2D eigenvalue weighted by molar-refractivity contribution is 7.89. The summed E-state index contributed by atoms with van der Waals surface area (Å²) in [5.74, 6) is 0. The second kappa shape index (κ2) is 6.02. The number of nitrogens with zero attached hydrogens (tertiary/aromatic N) is 1. The zero-order valence-corrected chi connectivity index (χ0v) is 13.0. The summed E-state index contributed by atoms with van der Waals surface area (Å²) in [4.78, 5) is 0.433. The summed E-state index contributed by atoms with van der Waals surface area (Å²) in [5, 5.41) is 0. The molecular weight excluding hydrogens is 296 g/mol. The summed E-state index contributed by atoms with van der Waals surface area (Å²) in [6, 6.07) is 5.55. The summed E-state index contributed by atoms with van der Waals surface area (Å²) in [6.07, 6.45) is 4.97. The zero-order chi connectivity index (χ0) is 13.5. The molecule has 1 heterocycles.